The molecule has 3 nitrogen and oxygen atoms in total. The van der Waals surface area contributed by atoms with E-state index in [0.717, 1.165) is 5.56 Å². The molecule has 0 saturated heterocycles. The second kappa shape index (κ2) is 4.72. The standard InChI is InChI=1S/C10H14FNO2S/c1-8(11)7-15(13,14)10-4-2-9(6-12)3-5-10/h2-5,8H,6-7,12H2,1H3. The Labute approximate surface area is 89.0 Å². The van der Waals surface area contributed by atoms with Crippen LogP contribution in [0.4, 0.5) is 4.39 Å². The van der Waals surface area contributed by atoms with E-state index in [0.29, 0.717) is 6.54 Å². The van der Waals surface area contributed by atoms with Gasteiger partial charge in [-0.3, -0.25) is 0 Å². The van der Waals surface area contributed by atoms with E-state index in [-0.39, 0.29) is 4.90 Å². The normalized spacial score (nSPS) is 13.8. The molecule has 1 unspecified atom stereocenters. The molecule has 0 bridgehead atoms. The summed E-state index contributed by atoms with van der Waals surface area (Å²) in [5, 5.41) is 0. The van der Waals surface area contributed by atoms with E-state index in [9.17, 15) is 12.8 Å². The van der Waals surface area contributed by atoms with Gasteiger partial charge in [-0.2, -0.15) is 0 Å². The quantitative estimate of drug-likeness (QED) is 0.849. The summed E-state index contributed by atoms with van der Waals surface area (Å²) in [6.07, 6.45) is -1.36. The third kappa shape index (κ3) is 3.28. The zero-order chi connectivity index (χ0) is 11.5. The predicted octanol–water partition coefficient (Wildman–Crippen LogP) is 1.28. The van der Waals surface area contributed by atoms with E-state index in [2.05, 4.69) is 0 Å². The molecule has 0 aliphatic heterocycles. The van der Waals surface area contributed by atoms with Gasteiger partial charge in [-0.25, -0.2) is 12.8 Å². The Morgan fingerprint density at radius 2 is 1.87 bits per heavy atom. The molecule has 0 aliphatic carbocycles. The molecule has 0 radical (unpaired) electrons. The Hall–Kier alpha value is -0.940. The second-order valence-corrected chi connectivity index (χ2v) is 5.44. The maximum absolute atomic E-state index is 12.6. The SMILES string of the molecule is CC(F)CS(=O)(=O)c1ccc(CN)cc1. The van der Waals surface area contributed by atoms with Gasteiger partial charge in [-0.05, 0) is 24.6 Å². The number of hydrogen-bond donors (Lipinski definition) is 1. The summed E-state index contributed by atoms with van der Waals surface area (Å²) in [7, 11) is -3.50. The van der Waals surface area contributed by atoms with Crippen molar-refractivity contribution >= 4 is 9.84 Å². The van der Waals surface area contributed by atoms with E-state index in [1.165, 1.54) is 19.1 Å². The minimum absolute atomic E-state index is 0.143. The number of alkyl halides is 1. The largest absolute Gasteiger partial charge is 0.326 e. The van der Waals surface area contributed by atoms with Crippen LogP contribution in [0.15, 0.2) is 29.2 Å². The lowest BCUT2D eigenvalue weighted by Crippen LogP contribution is -2.14. The van der Waals surface area contributed by atoms with E-state index >= 15 is 0 Å². The summed E-state index contributed by atoms with van der Waals surface area (Å²) in [6, 6.07) is 6.19. The lowest BCUT2D eigenvalue weighted by Gasteiger charge is -2.05. The maximum atomic E-state index is 12.6. The van der Waals surface area contributed by atoms with Gasteiger partial charge in [0.2, 0.25) is 0 Å². The summed E-state index contributed by atoms with van der Waals surface area (Å²) in [4.78, 5) is 0.143. The van der Waals surface area contributed by atoms with Gasteiger partial charge in [0.1, 0.15) is 6.17 Å². The highest BCUT2D eigenvalue weighted by Gasteiger charge is 2.17. The smallest absolute Gasteiger partial charge is 0.181 e. The van der Waals surface area contributed by atoms with Crippen molar-refractivity contribution in [3.63, 3.8) is 0 Å². The third-order valence-corrected chi connectivity index (χ3v) is 3.86. The summed E-state index contributed by atoms with van der Waals surface area (Å²) < 4.78 is 35.8. The molecule has 2 N–H and O–H groups in total. The number of rotatable bonds is 4. The molecule has 0 aliphatic rings. The van der Waals surface area contributed by atoms with Crippen LogP contribution in [0.3, 0.4) is 0 Å². The van der Waals surface area contributed by atoms with Gasteiger partial charge in [0.05, 0.1) is 10.6 Å². The van der Waals surface area contributed by atoms with Crippen LogP contribution in [-0.4, -0.2) is 20.3 Å². The molecule has 0 fully saturated rings. The number of benzene rings is 1. The first-order valence-corrected chi connectivity index (χ1v) is 6.27. The summed E-state index contributed by atoms with van der Waals surface area (Å²) in [5.74, 6) is -0.477. The monoisotopic (exact) mass is 231 g/mol. The van der Waals surface area contributed by atoms with Crippen LogP contribution in [0.5, 0.6) is 0 Å². The van der Waals surface area contributed by atoms with Crippen LogP contribution >= 0.6 is 0 Å². The van der Waals surface area contributed by atoms with Crippen LogP contribution < -0.4 is 5.73 Å². The fourth-order valence-corrected chi connectivity index (χ4v) is 2.58. The molecule has 0 aromatic heterocycles. The van der Waals surface area contributed by atoms with Crippen molar-refractivity contribution in [3.05, 3.63) is 29.8 Å². The van der Waals surface area contributed by atoms with Crippen molar-refractivity contribution in [2.24, 2.45) is 5.73 Å². The Kier molecular flexibility index (Phi) is 3.82. The third-order valence-electron chi connectivity index (χ3n) is 1.97. The van der Waals surface area contributed by atoms with Gasteiger partial charge in [-0.1, -0.05) is 12.1 Å². The molecule has 0 heterocycles. The topological polar surface area (TPSA) is 60.2 Å². The zero-order valence-electron chi connectivity index (χ0n) is 8.48. The molecule has 1 aromatic carbocycles. The van der Waals surface area contributed by atoms with Crippen molar-refractivity contribution in [1.29, 1.82) is 0 Å². The molecule has 0 spiro atoms. The fourth-order valence-electron chi connectivity index (χ4n) is 1.23. The van der Waals surface area contributed by atoms with Crippen molar-refractivity contribution in [3.8, 4) is 0 Å². The van der Waals surface area contributed by atoms with E-state index in [1.54, 1.807) is 12.1 Å². The molecule has 1 rings (SSSR count). The maximum Gasteiger partial charge on any atom is 0.181 e. The fraction of sp³-hybridized carbons (Fsp3) is 0.400. The molecule has 0 amide bonds. The predicted molar refractivity (Wildman–Crippen MR) is 57.0 cm³/mol. The van der Waals surface area contributed by atoms with E-state index in [1.807, 2.05) is 0 Å². The van der Waals surface area contributed by atoms with Crippen molar-refractivity contribution in [2.45, 2.75) is 24.5 Å². The molecule has 1 aromatic rings. The molecular formula is C10H14FNO2S. The Morgan fingerprint density at radius 3 is 2.27 bits per heavy atom. The van der Waals surface area contributed by atoms with Crippen molar-refractivity contribution < 1.29 is 12.8 Å². The highest BCUT2D eigenvalue weighted by Crippen LogP contribution is 2.14. The Bertz CT molecular complexity index is 412. The van der Waals surface area contributed by atoms with Crippen LogP contribution in [0, 0.1) is 0 Å². The Morgan fingerprint density at radius 1 is 1.33 bits per heavy atom. The van der Waals surface area contributed by atoms with Crippen molar-refractivity contribution in [2.75, 3.05) is 5.75 Å². The number of halogens is 1. The molecule has 15 heavy (non-hydrogen) atoms. The van der Waals surface area contributed by atoms with Gasteiger partial charge < -0.3 is 5.73 Å². The first kappa shape index (κ1) is 12.1. The van der Waals surface area contributed by atoms with Gasteiger partial charge in [0.25, 0.3) is 0 Å². The lowest BCUT2D eigenvalue weighted by molar-refractivity contribution is 0.391. The molecule has 0 saturated carbocycles. The van der Waals surface area contributed by atoms with Crippen LogP contribution in [0.2, 0.25) is 0 Å². The lowest BCUT2D eigenvalue weighted by atomic mass is 10.2. The minimum Gasteiger partial charge on any atom is -0.326 e. The highest BCUT2D eigenvalue weighted by molar-refractivity contribution is 7.91. The molecule has 1 atom stereocenters. The molecule has 84 valence electrons. The number of hydrogen-bond acceptors (Lipinski definition) is 3. The first-order chi connectivity index (χ1) is 6.95. The van der Waals surface area contributed by atoms with Crippen LogP contribution in [-0.2, 0) is 16.4 Å². The summed E-state index contributed by atoms with van der Waals surface area (Å²) >= 11 is 0. The minimum atomic E-state index is -3.50. The highest BCUT2D eigenvalue weighted by atomic mass is 32.2. The summed E-state index contributed by atoms with van der Waals surface area (Å²) in [5.41, 5.74) is 6.23. The Balaban J connectivity index is 2.96. The summed E-state index contributed by atoms with van der Waals surface area (Å²) in [6.45, 7) is 1.59. The average Bonchev–Trinajstić information content (AvgIpc) is 2.16. The number of sulfone groups is 1. The first-order valence-electron chi connectivity index (χ1n) is 4.61. The van der Waals surface area contributed by atoms with Gasteiger partial charge in [-0.15, -0.1) is 0 Å². The van der Waals surface area contributed by atoms with E-state index in [4.69, 9.17) is 5.73 Å². The van der Waals surface area contributed by atoms with Gasteiger partial charge in [0, 0.05) is 6.54 Å². The molecular weight excluding hydrogens is 217 g/mol. The zero-order valence-corrected chi connectivity index (χ0v) is 9.30. The number of nitrogens with two attached hydrogens (primary N) is 1. The molecule has 5 heteroatoms. The average molecular weight is 231 g/mol. The van der Waals surface area contributed by atoms with Crippen molar-refractivity contribution in [1.82, 2.24) is 0 Å². The second-order valence-electron chi connectivity index (χ2n) is 3.41. The van der Waals surface area contributed by atoms with Gasteiger partial charge in [0.15, 0.2) is 9.84 Å². The van der Waals surface area contributed by atoms with Gasteiger partial charge >= 0.3 is 0 Å². The van der Waals surface area contributed by atoms with Crippen LogP contribution in [0.25, 0.3) is 0 Å². The van der Waals surface area contributed by atoms with E-state index < -0.39 is 21.8 Å². The van der Waals surface area contributed by atoms with Crippen LogP contribution in [0.1, 0.15) is 12.5 Å².